The van der Waals surface area contributed by atoms with Crippen LogP contribution in [0.15, 0.2) is 41.6 Å². The van der Waals surface area contributed by atoms with Gasteiger partial charge in [-0.1, -0.05) is 17.7 Å². The molecule has 8 heteroatoms. The van der Waals surface area contributed by atoms with Crippen LogP contribution in [0.2, 0.25) is 0 Å². The molecule has 0 spiro atoms. The molecule has 4 rings (SSSR count). The van der Waals surface area contributed by atoms with Gasteiger partial charge in [0.15, 0.2) is 5.65 Å². The number of benzene rings is 1. The van der Waals surface area contributed by atoms with Crippen LogP contribution in [-0.4, -0.2) is 54.4 Å². The van der Waals surface area contributed by atoms with E-state index in [4.69, 9.17) is 0 Å². The Morgan fingerprint density at radius 2 is 1.96 bits per heavy atom. The van der Waals surface area contributed by atoms with E-state index in [1.54, 1.807) is 9.58 Å². The van der Waals surface area contributed by atoms with E-state index in [-0.39, 0.29) is 18.0 Å². The molecule has 0 aliphatic carbocycles. The highest BCUT2D eigenvalue weighted by Gasteiger charge is 2.35. The van der Waals surface area contributed by atoms with Gasteiger partial charge in [-0.2, -0.15) is 5.10 Å². The lowest BCUT2D eigenvalue weighted by Gasteiger charge is -2.38. The maximum Gasteiger partial charge on any atom is 0.261 e. The molecule has 27 heavy (non-hydrogen) atoms. The number of aryl methyl sites for hydroxylation is 1. The molecule has 2 aromatic heterocycles. The largest absolute Gasteiger partial charge is 0.388 e. The second-order valence-corrected chi connectivity index (χ2v) is 7.15. The number of amides is 1. The maximum absolute atomic E-state index is 12.6. The number of fused-ring (bicyclic) bond motifs is 1. The second-order valence-electron chi connectivity index (χ2n) is 7.15. The Bertz CT molecular complexity index is 1030. The first-order valence-corrected chi connectivity index (χ1v) is 8.93. The van der Waals surface area contributed by atoms with Gasteiger partial charge in [0.1, 0.15) is 5.39 Å². The molecule has 0 radical (unpaired) electrons. The number of H-pyrrole nitrogens is 1. The Morgan fingerprint density at radius 3 is 2.67 bits per heavy atom. The fourth-order valence-electron chi connectivity index (χ4n) is 3.46. The Morgan fingerprint density at radius 1 is 1.26 bits per heavy atom. The minimum absolute atomic E-state index is 0.0187. The predicted octanol–water partition coefficient (Wildman–Crippen LogP) is 1.10. The third-order valence-electron chi connectivity index (χ3n) is 5.16. The monoisotopic (exact) mass is 367 g/mol. The van der Waals surface area contributed by atoms with Gasteiger partial charge in [0.2, 0.25) is 0 Å². The predicted molar refractivity (Wildman–Crippen MR) is 99.4 cm³/mol. The highest BCUT2D eigenvalue weighted by Crippen LogP contribution is 2.26. The van der Waals surface area contributed by atoms with Gasteiger partial charge in [-0.05, 0) is 31.9 Å². The molecule has 3 aromatic rings. The molecule has 1 aromatic carbocycles. The van der Waals surface area contributed by atoms with Crippen molar-refractivity contribution in [1.82, 2.24) is 24.6 Å². The normalized spacial score (nSPS) is 16.6. The van der Waals surface area contributed by atoms with Gasteiger partial charge in [-0.3, -0.25) is 9.59 Å². The van der Waals surface area contributed by atoms with Gasteiger partial charge in [0, 0.05) is 18.7 Å². The number of carbonyl (C=O) groups excluding carboxylic acids is 1. The number of aromatic amines is 1. The van der Waals surface area contributed by atoms with Crippen LogP contribution in [-0.2, 0) is 6.54 Å². The van der Waals surface area contributed by atoms with Gasteiger partial charge >= 0.3 is 0 Å². The summed E-state index contributed by atoms with van der Waals surface area (Å²) >= 11 is 0. The molecule has 3 heterocycles. The van der Waals surface area contributed by atoms with E-state index in [0.29, 0.717) is 42.5 Å². The van der Waals surface area contributed by atoms with Crippen LogP contribution in [0.5, 0.6) is 0 Å². The van der Waals surface area contributed by atoms with E-state index in [1.165, 1.54) is 12.5 Å². The standard InChI is InChI=1S/C19H21N5O3/c1-13-2-4-14(5-3-13)18(26)23-8-6-19(27,7-9-23)11-24-16-15(10-22-24)17(25)21-12-20-16/h2-5,10,12,27H,6-9,11H2,1H3,(H,20,21,25). The molecule has 1 amide bonds. The molecule has 1 fully saturated rings. The molecular weight excluding hydrogens is 346 g/mol. The zero-order valence-corrected chi connectivity index (χ0v) is 15.1. The number of likely N-dealkylation sites (tertiary alicyclic amines) is 1. The highest BCUT2D eigenvalue weighted by atomic mass is 16.3. The molecule has 0 unspecified atom stereocenters. The molecule has 8 nitrogen and oxygen atoms in total. The third kappa shape index (κ3) is 3.35. The number of nitrogens with one attached hydrogen (secondary N) is 1. The van der Waals surface area contributed by atoms with Crippen molar-refractivity contribution in [3.05, 3.63) is 58.3 Å². The Kier molecular flexibility index (Phi) is 4.27. The number of rotatable bonds is 3. The van der Waals surface area contributed by atoms with Crippen LogP contribution >= 0.6 is 0 Å². The summed E-state index contributed by atoms with van der Waals surface area (Å²) in [5.41, 5.74) is 0.973. The smallest absolute Gasteiger partial charge is 0.261 e. The van der Waals surface area contributed by atoms with Crippen molar-refractivity contribution in [2.24, 2.45) is 0 Å². The number of aromatic nitrogens is 4. The van der Waals surface area contributed by atoms with E-state index < -0.39 is 5.60 Å². The van der Waals surface area contributed by atoms with Crippen LogP contribution in [0.3, 0.4) is 0 Å². The molecule has 0 atom stereocenters. The number of piperidine rings is 1. The molecule has 2 N–H and O–H groups in total. The number of hydrogen-bond donors (Lipinski definition) is 2. The van der Waals surface area contributed by atoms with E-state index in [1.807, 2.05) is 31.2 Å². The summed E-state index contributed by atoms with van der Waals surface area (Å²) in [6.45, 7) is 3.16. The van der Waals surface area contributed by atoms with E-state index >= 15 is 0 Å². The minimum atomic E-state index is -0.993. The SMILES string of the molecule is Cc1ccc(C(=O)N2CCC(O)(Cn3ncc4c(=O)[nH]cnc43)CC2)cc1. The number of aliphatic hydroxyl groups is 1. The fourth-order valence-corrected chi connectivity index (χ4v) is 3.46. The average molecular weight is 367 g/mol. The van der Waals surface area contributed by atoms with Crippen molar-refractivity contribution < 1.29 is 9.90 Å². The van der Waals surface area contributed by atoms with Gasteiger partial charge in [-0.15, -0.1) is 0 Å². The van der Waals surface area contributed by atoms with Crippen molar-refractivity contribution in [2.75, 3.05) is 13.1 Å². The van der Waals surface area contributed by atoms with Gasteiger partial charge < -0.3 is 15.0 Å². The van der Waals surface area contributed by atoms with Crippen molar-refractivity contribution in [3.63, 3.8) is 0 Å². The van der Waals surface area contributed by atoms with Crippen LogP contribution in [0.4, 0.5) is 0 Å². The van der Waals surface area contributed by atoms with Gasteiger partial charge in [0.05, 0.1) is 24.7 Å². The van der Waals surface area contributed by atoms with E-state index in [9.17, 15) is 14.7 Å². The maximum atomic E-state index is 12.6. The van der Waals surface area contributed by atoms with Crippen LogP contribution in [0.25, 0.3) is 11.0 Å². The Hall–Kier alpha value is -3.00. The average Bonchev–Trinajstić information content (AvgIpc) is 3.06. The molecule has 140 valence electrons. The lowest BCUT2D eigenvalue weighted by Crippen LogP contribution is -2.48. The zero-order chi connectivity index (χ0) is 19.0. The first-order chi connectivity index (χ1) is 13.0. The molecule has 0 saturated carbocycles. The van der Waals surface area contributed by atoms with Crippen LogP contribution < -0.4 is 5.56 Å². The summed E-state index contributed by atoms with van der Waals surface area (Å²) in [5.74, 6) is -0.0187. The summed E-state index contributed by atoms with van der Waals surface area (Å²) in [6.07, 6.45) is 3.67. The lowest BCUT2D eigenvalue weighted by atomic mass is 9.91. The Labute approximate surface area is 155 Å². The van der Waals surface area contributed by atoms with Crippen molar-refractivity contribution in [2.45, 2.75) is 31.9 Å². The van der Waals surface area contributed by atoms with E-state index in [2.05, 4.69) is 15.1 Å². The van der Waals surface area contributed by atoms with E-state index in [0.717, 1.165) is 5.56 Å². The number of carbonyl (C=O) groups is 1. The molecule has 1 saturated heterocycles. The molecular formula is C19H21N5O3. The van der Waals surface area contributed by atoms with Crippen molar-refractivity contribution in [1.29, 1.82) is 0 Å². The highest BCUT2D eigenvalue weighted by molar-refractivity contribution is 5.94. The summed E-state index contributed by atoms with van der Waals surface area (Å²) in [5, 5.41) is 15.6. The lowest BCUT2D eigenvalue weighted by molar-refractivity contribution is -0.0307. The summed E-state index contributed by atoms with van der Waals surface area (Å²) in [7, 11) is 0. The second kappa shape index (κ2) is 6.62. The van der Waals surface area contributed by atoms with Gasteiger partial charge in [-0.25, -0.2) is 9.67 Å². The first kappa shape index (κ1) is 17.4. The third-order valence-corrected chi connectivity index (χ3v) is 5.16. The molecule has 1 aliphatic heterocycles. The molecule has 1 aliphatic rings. The quantitative estimate of drug-likeness (QED) is 0.721. The fraction of sp³-hybridized carbons (Fsp3) is 0.368. The molecule has 0 bridgehead atoms. The van der Waals surface area contributed by atoms with Crippen molar-refractivity contribution in [3.8, 4) is 0 Å². The summed E-state index contributed by atoms with van der Waals surface area (Å²) in [6, 6.07) is 7.51. The van der Waals surface area contributed by atoms with Crippen LogP contribution in [0, 0.1) is 6.92 Å². The number of hydrogen-bond acceptors (Lipinski definition) is 5. The first-order valence-electron chi connectivity index (χ1n) is 8.93. The number of nitrogens with zero attached hydrogens (tertiary/aromatic N) is 4. The topological polar surface area (TPSA) is 104 Å². The van der Waals surface area contributed by atoms with Gasteiger partial charge in [0.25, 0.3) is 11.5 Å². The zero-order valence-electron chi connectivity index (χ0n) is 15.1. The Balaban J connectivity index is 1.46. The van der Waals surface area contributed by atoms with Crippen LogP contribution in [0.1, 0.15) is 28.8 Å². The minimum Gasteiger partial charge on any atom is -0.388 e. The summed E-state index contributed by atoms with van der Waals surface area (Å²) in [4.78, 5) is 32.8. The summed E-state index contributed by atoms with van der Waals surface area (Å²) < 4.78 is 1.56. The van der Waals surface area contributed by atoms with Crippen molar-refractivity contribution >= 4 is 16.9 Å².